The van der Waals surface area contributed by atoms with E-state index >= 15 is 0 Å². The molecule has 5 heteroatoms. The number of phenolic OH excluding ortho intramolecular Hbond substituents is 1. The first-order valence-electron chi connectivity index (χ1n) is 4.57. The van der Waals surface area contributed by atoms with Crippen molar-refractivity contribution in [3.63, 3.8) is 0 Å². The number of carbonyl (C=O) groups excluding carboxylic acids is 1. The lowest BCUT2D eigenvalue weighted by atomic mass is 10.1. The fourth-order valence-electron chi connectivity index (χ4n) is 1.16. The molecule has 0 heterocycles. The normalized spacial score (nSPS) is 10.4. The maximum absolute atomic E-state index is 11.2. The number of hydrogen-bond donors (Lipinski definition) is 1. The summed E-state index contributed by atoms with van der Waals surface area (Å²) in [4.78, 5) is 15.1. The average molecular weight is 223 g/mol. The minimum Gasteiger partial charge on any atom is -0.503 e. The van der Waals surface area contributed by atoms with Gasteiger partial charge in [0.05, 0.1) is 14.2 Å². The molecule has 0 saturated heterocycles. The van der Waals surface area contributed by atoms with E-state index in [4.69, 9.17) is 4.74 Å². The van der Waals surface area contributed by atoms with E-state index in [1.165, 1.54) is 39.7 Å². The topological polar surface area (TPSA) is 68.1 Å². The van der Waals surface area contributed by atoms with Crippen LogP contribution in [0.1, 0.15) is 17.3 Å². The maximum atomic E-state index is 11.2. The number of ketones is 1. The molecule has 86 valence electrons. The molecule has 0 aliphatic heterocycles. The lowest BCUT2D eigenvalue weighted by Crippen LogP contribution is -1.94. The Hall–Kier alpha value is -2.04. The van der Waals surface area contributed by atoms with E-state index in [2.05, 4.69) is 9.73 Å². The van der Waals surface area contributed by atoms with E-state index in [-0.39, 0.29) is 23.0 Å². The van der Waals surface area contributed by atoms with Gasteiger partial charge in [-0.2, -0.15) is 0 Å². The molecule has 0 atom stereocenters. The standard InChI is InChI=1S/C11H13NO4/c1-7(13)8-4-9(12-6-15-2)11(14)10(5-8)16-3/h4-6,14H,1-3H3/b12-6-. The smallest absolute Gasteiger partial charge is 0.184 e. The van der Waals surface area contributed by atoms with Crippen molar-refractivity contribution in [2.75, 3.05) is 14.2 Å². The Kier molecular flexibility index (Phi) is 3.88. The van der Waals surface area contributed by atoms with Crippen LogP contribution in [0.3, 0.4) is 0 Å². The summed E-state index contributed by atoms with van der Waals surface area (Å²) in [5.41, 5.74) is 0.643. The van der Waals surface area contributed by atoms with Gasteiger partial charge in [-0.3, -0.25) is 4.79 Å². The first-order valence-corrected chi connectivity index (χ1v) is 4.57. The van der Waals surface area contributed by atoms with Gasteiger partial charge in [-0.25, -0.2) is 4.99 Å². The van der Waals surface area contributed by atoms with Crippen molar-refractivity contribution < 1.29 is 19.4 Å². The van der Waals surface area contributed by atoms with Gasteiger partial charge in [-0.1, -0.05) is 0 Å². The number of Topliss-reactive ketones (excluding diaryl/α,β-unsaturated/α-hetero) is 1. The van der Waals surface area contributed by atoms with Crippen molar-refractivity contribution in [1.29, 1.82) is 0 Å². The second-order valence-electron chi connectivity index (χ2n) is 3.07. The number of ether oxygens (including phenoxy) is 2. The summed E-state index contributed by atoms with van der Waals surface area (Å²) in [6.07, 6.45) is 1.17. The van der Waals surface area contributed by atoms with Gasteiger partial charge in [0.2, 0.25) is 0 Å². The molecular weight excluding hydrogens is 210 g/mol. The van der Waals surface area contributed by atoms with E-state index in [0.717, 1.165) is 0 Å². The third kappa shape index (κ3) is 2.50. The minimum absolute atomic E-state index is 0.124. The van der Waals surface area contributed by atoms with Gasteiger partial charge in [-0.15, -0.1) is 0 Å². The Balaban J connectivity index is 3.29. The molecule has 0 bridgehead atoms. The van der Waals surface area contributed by atoms with Crippen LogP contribution in [0.4, 0.5) is 5.69 Å². The number of rotatable bonds is 4. The molecular formula is C11H13NO4. The number of aromatic hydroxyl groups is 1. The van der Waals surface area contributed by atoms with Crippen LogP contribution in [0.5, 0.6) is 11.5 Å². The minimum atomic E-state index is -0.132. The fraction of sp³-hybridized carbons (Fsp3) is 0.273. The molecule has 0 aromatic heterocycles. The lowest BCUT2D eigenvalue weighted by Gasteiger charge is -2.07. The maximum Gasteiger partial charge on any atom is 0.184 e. The molecule has 5 nitrogen and oxygen atoms in total. The molecule has 1 aromatic rings. The molecule has 1 N–H and O–H groups in total. The van der Waals surface area contributed by atoms with Crippen LogP contribution < -0.4 is 4.74 Å². The fourth-order valence-corrected chi connectivity index (χ4v) is 1.16. The molecule has 16 heavy (non-hydrogen) atoms. The number of nitrogens with zero attached hydrogens (tertiary/aromatic N) is 1. The summed E-state index contributed by atoms with van der Waals surface area (Å²) in [5, 5.41) is 9.72. The summed E-state index contributed by atoms with van der Waals surface area (Å²) in [7, 11) is 2.84. The molecule has 0 spiro atoms. The van der Waals surface area contributed by atoms with Gasteiger partial charge in [-0.05, 0) is 19.1 Å². The van der Waals surface area contributed by atoms with Crippen molar-refractivity contribution in [3.8, 4) is 11.5 Å². The summed E-state index contributed by atoms with van der Waals surface area (Å²) >= 11 is 0. The molecule has 0 saturated carbocycles. The summed E-state index contributed by atoms with van der Waals surface area (Å²) in [5.74, 6) is -0.0519. The van der Waals surface area contributed by atoms with Crippen LogP contribution in [0, 0.1) is 0 Å². The van der Waals surface area contributed by atoms with Gasteiger partial charge < -0.3 is 14.6 Å². The molecule has 1 aromatic carbocycles. The Morgan fingerprint density at radius 2 is 2.12 bits per heavy atom. The largest absolute Gasteiger partial charge is 0.503 e. The summed E-state index contributed by atoms with van der Waals surface area (Å²) in [6.45, 7) is 1.43. The van der Waals surface area contributed by atoms with Crippen molar-refractivity contribution in [2.24, 2.45) is 4.99 Å². The van der Waals surface area contributed by atoms with Crippen LogP contribution >= 0.6 is 0 Å². The molecule has 0 fully saturated rings. The second-order valence-corrected chi connectivity index (χ2v) is 3.07. The molecule has 1 rings (SSSR count). The molecule has 0 amide bonds. The third-order valence-corrected chi connectivity index (χ3v) is 1.98. The summed E-state index contributed by atoms with van der Waals surface area (Å²) < 4.78 is 9.59. The first-order chi connectivity index (χ1) is 7.60. The van der Waals surface area contributed by atoms with Gasteiger partial charge in [0.25, 0.3) is 0 Å². The van der Waals surface area contributed by atoms with Crippen molar-refractivity contribution >= 4 is 17.9 Å². The Bertz CT molecular complexity index is 426. The highest BCUT2D eigenvalue weighted by molar-refractivity contribution is 5.96. The van der Waals surface area contributed by atoms with Crippen LogP contribution in [0.2, 0.25) is 0 Å². The van der Waals surface area contributed by atoms with E-state index in [9.17, 15) is 9.90 Å². The number of benzene rings is 1. The van der Waals surface area contributed by atoms with Gasteiger partial charge >= 0.3 is 0 Å². The molecule has 0 radical (unpaired) electrons. The van der Waals surface area contributed by atoms with Crippen LogP contribution in [-0.4, -0.2) is 31.5 Å². The SMILES string of the molecule is CO/C=N\c1cc(C(C)=O)cc(OC)c1O. The summed E-state index contributed by atoms with van der Waals surface area (Å²) in [6, 6.07) is 2.93. The average Bonchev–Trinajstić information content (AvgIpc) is 2.27. The number of carbonyl (C=O) groups is 1. The van der Waals surface area contributed by atoms with Crippen LogP contribution in [-0.2, 0) is 4.74 Å². The van der Waals surface area contributed by atoms with E-state index < -0.39 is 0 Å². The van der Waals surface area contributed by atoms with E-state index in [1.54, 1.807) is 0 Å². The highest BCUT2D eigenvalue weighted by Crippen LogP contribution is 2.37. The monoisotopic (exact) mass is 223 g/mol. The third-order valence-electron chi connectivity index (χ3n) is 1.98. The van der Waals surface area contributed by atoms with Crippen molar-refractivity contribution in [1.82, 2.24) is 0 Å². The first kappa shape index (κ1) is 12.0. The van der Waals surface area contributed by atoms with Crippen LogP contribution in [0.25, 0.3) is 0 Å². The zero-order valence-corrected chi connectivity index (χ0v) is 9.35. The zero-order chi connectivity index (χ0) is 12.1. The van der Waals surface area contributed by atoms with E-state index in [0.29, 0.717) is 5.56 Å². The highest BCUT2D eigenvalue weighted by Gasteiger charge is 2.12. The van der Waals surface area contributed by atoms with E-state index in [1.807, 2.05) is 0 Å². The molecule has 0 unspecified atom stereocenters. The number of hydrogen-bond acceptors (Lipinski definition) is 5. The van der Waals surface area contributed by atoms with Crippen LogP contribution in [0.15, 0.2) is 17.1 Å². The zero-order valence-electron chi connectivity index (χ0n) is 9.35. The van der Waals surface area contributed by atoms with Gasteiger partial charge in [0, 0.05) is 5.56 Å². The Labute approximate surface area is 93.3 Å². The molecule has 0 aliphatic rings. The Morgan fingerprint density at radius 3 is 2.62 bits per heavy atom. The predicted octanol–water partition coefficient (Wildman–Crippen LogP) is 1.91. The second kappa shape index (κ2) is 5.16. The van der Waals surface area contributed by atoms with Crippen molar-refractivity contribution in [2.45, 2.75) is 6.92 Å². The van der Waals surface area contributed by atoms with Gasteiger partial charge in [0.1, 0.15) is 5.69 Å². The quantitative estimate of drug-likeness (QED) is 0.481. The number of methoxy groups -OCH3 is 2. The van der Waals surface area contributed by atoms with Crippen molar-refractivity contribution in [3.05, 3.63) is 17.7 Å². The number of phenols is 1. The Morgan fingerprint density at radius 1 is 1.44 bits per heavy atom. The molecule has 0 aliphatic carbocycles. The predicted molar refractivity (Wildman–Crippen MR) is 59.8 cm³/mol. The van der Waals surface area contributed by atoms with Gasteiger partial charge in [0.15, 0.2) is 23.7 Å². The number of aliphatic imine (C=N–C) groups is 1. The lowest BCUT2D eigenvalue weighted by molar-refractivity contribution is 0.101. The highest BCUT2D eigenvalue weighted by atomic mass is 16.5.